The van der Waals surface area contributed by atoms with Gasteiger partial charge in [0.2, 0.25) is 0 Å². The standard InChI is InChI=1S/C14H16ClN/c15-14-8-11-4-1-3-10(11)7-13(14)12-5-2-6-16-9-12/h5,7-8,16H,1-4,6,9H2. The van der Waals surface area contributed by atoms with E-state index in [9.17, 15) is 0 Å². The molecule has 1 nitrogen and oxygen atoms in total. The Morgan fingerprint density at radius 3 is 2.69 bits per heavy atom. The van der Waals surface area contributed by atoms with Crippen molar-refractivity contribution < 1.29 is 0 Å². The molecule has 0 fully saturated rings. The predicted octanol–water partition coefficient (Wildman–Crippen LogP) is 3.21. The molecule has 1 aliphatic heterocycles. The first-order valence-corrected chi connectivity index (χ1v) is 6.44. The normalized spacial score (nSPS) is 19.4. The second-order valence-corrected chi connectivity index (χ2v) is 5.06. The van der Waals surface area contributed by atoms with Crippen LogP contribution < -0.4 is 5.32 Å². The molecule has 1 aliphatic carbocycles. The Hall–Kier alpha value is -0.790. The fraction of sp³-hybridized carbons (Fsp3) is 0.429. The predicted molar refractivity (Wildman–Crippen MR) is 68.9 cm³/mol. The van der Waals surface area contributed by atoms with Crippen molar-refractivity contribution in [1.29, 1.82) is 0 Å². The first-order chi connectivity index (χ1) is 7.84. The molecule has 1 aromatic rings. The first-order valence-electron chi connectivity index (χ1n) is 6.06. The van der Waals surface area contributed by atoms with Crippen LogP contribution in [-0.4, -0.2) is 13.1 Å². The fourth-order valence-electron chi connectivity index (χ4n) is 2.69. The van der Waals surface area contributed by atoms with Crippen molar-refractivity contribution in [2.45, 2.75) is 25.7 Å². The van der Waals surface area contributed by atoms with E-state index in [0.29, 0.717) is 0 Å². The Balaban J connectivity index is 2.03. The van der Waals surface area contributed by atoms with Gasteiger partial charge in [0.25, 0.3) is 0 Å². The van der Waals surface area contributed by atoms with Crippen LogP contribution >= 0.6 is 11.6 Å². The van der Waals surface area contributed by atoms with Crippen molar-refractivity contribution in [2.75, 3.05) is 13.1 Å². The minimum atomic E-state index is 0.926. The number of nitrogens with one attached hydrogen (secondary N) is 1. The molecule has 0 aromatic heterocycles. The van der Waals surface area contributed by atoms with Crippen LogP contribution in [0.1, 0.15) is 29.5 Å². The molecule has 16 heavy (non-hydrogen) atoms. The zero-order chi connectivity index (χ0) is 11.0. The summed E-state index contributed by atoms with van der Waals surface area (Å²) in [7, 11) is 0. The lowest BCUT2D eigenvalue weighted by Gasteiger charge is -2.16. The molecular formula is C14H16ClN. The van der Waals surface area contributed by atoms with E-state index in [1.54, 1.807) is 0 Å². The van der Waals surface area contributed by atoms with E-state index in [1.807, 2.05) is 0 Å². The average molecular weight is 234 g/mol. The van der Waals surface area contributed by atoms with Crippen LogP contribution in [0.2, 0.25) is 5.02 Å². The molecule has 3 rings (SSSR count). The van der Waals surface area contributed by atoms with Gasteiger partial charge in [-0.1, -0.05) is 17.7 Å². The number of rotatable bonds is 1. The highest BCUT2D eigenvalue weighted by Gasteiger charge is 2.16. The molecule has 1 aromatic carbocycles. The van der Waals surface area contributed by atoms with Crippen LogP contribution in [0.4, 0.5) is 0 Å². The van der Waals surface area contributed by atoms with Gasteiger partial charge in [-0.05, 0) is 66.6 Å². The van der Waals surface area contributed by atoms with Crippen LogP contribution in [0.5, 0.6) is 0 Å². The number of fused-ring (bicyclic) bond motifs is 1. The lowest BCUT2D eigenvalue weighted by molar-refractivity contribution is 0.739. The van der Waals surface area contributed by atoms with Gasteiger partial charge >= 0.3 is 0 Å². The molecule has 84 valence electrons. The zero-order valence-corrected chi connectivity index (χ0v) is 10.1. The van der Waals surface area contributed by atoms with Crippen LogP contribution in [0.25, 0.3) is 5.57 Å². The van der Waals surface area contributed by atoms with Crippen molar-refractivity contribution in [1.82, 2.24) is 5.32 Å². The summed E-state index contributed by atoms with van der Waals surface area (Å²) >= 11 is 6.37. The van der Waals surface area contributed by atoms with Crippen LogP contribution in [0.3, 0.4) is 0 Å². The lowest BCUT2D eigenvalue weighted by atomic mass is 9.98. The summed E-state index contributed by atoms with van der Waals surface area (Å²) in [6, 6.07) is 4.48. The van der Waals surface area contributed by atoms with E-state index in [-0.39, 0.29) is 0 Å². The topological polar surface area (TPSA) is 12.0 Å². The van der Waals surface area contributed by atoms with Crippen molar-refractivity contribution >= 4 is 17.2 Å². The van der Waals surface area contributed by atoms with E-state index in [1.165, 1.54) is 41.5 Å². The van der Waals surface area contributed by atoms with Crippen molar-refractivity contribution in [3.05, 3.63) is 39.9 Å². The molecule has 1 N–H and O–H groups in total. The highest BCUT2D eigenvalue weighted by Crippen LogP contribution is 2.32. The molecule has 1 heterocycles. The van der Waals surface area contributed by atoms with Crippen molar-refractivity contribution in [3.8, 4) is 0 Å². The third-order valence-electron chi connectivity index (χ3n) is 3.55. The molecule has 0 bridgehead atoms. The Kier molecular flexibility index (Phi) is 2.74. The number of aryl methyl sites for hydroxylation is 2. The SMILES string of the molecule is Clc1cc2c(cc1C1=CCCNC1)CCC2. The van der Waals surface area contributed by atoms with Gasteiger partial charge in [0.05, 0.1) is 0 Å². The molecule has 0 saturated heterocycles. The van der Waals surface area contributed by atoms with Gasteiger partial charge in [-0.2, -0.15) is 0 Å². The summed E-state index contributed by atoms with van der Waals surface area (Å²) in [6.45, 7) is 2.05. The summed E-state index contributed by atoms with van der Waals surface area (Å²) in [6.07, 6.45) is 7.14. The Morgan fingerprint density at radius 1 is 1.12 bits per heavy atom. The monoisotopic (exact) mass is 233 g/mol. The zero-order valence-electron chi connectivity index (χ0n) is 9.35. The second kappa shape index (κ2) is 4.23. The summed E-state index contributed by atoms with van der Waals surface area (Å²) in [5.41, 5.74) is 5.57. The van der Waals surface area contributed by atoms with E-state index in [2.05, 4.69) is 23.5 Å². The Labute approximate surface area is 102 Å². The van der Waals surface area contributed by atoms with Gasteiger partial charge in [0.1, 0.15) is 0 Å². The van der Waals surface area contributed by atoms with E-state index >= 15 is 0 Å². The molecule has 0 amide bonds. The maximum absolute atomic E-state index is 6.37. The number of hydrogen-bond acceptors (Lipinski definition) is 1. The lowest BCUT2D eigenvalue weighted by Crippen LogP contribution is -2.21. The molecule has 2 heteroatoms. The molecule has 0 radical (unpaired) electrons. The first kappa shape index (κ1) is 10.4. The molecule has 0 unspecified atom stereocenters. The van der Waals surface area contributed by atoms with Gasteiger partial charge in [0.15, 0.2) is 0 Å². The molecular weight excluding hydrogens is 218 g/mol. The third kappa shape index (κ3) is 1.79. The maximum atomic E-state index is 6.37. The third-order valence-corrected chi connectivity index (χ3v) is 3.87. The highest BCUT2D eigenvalue weighted by atomic mass is 35.5. The Bertz CT molecular complexity index is 448. The smallest absolute Gasteiger partial charge is 0.0484 e. The summed E-state index contributed by atoms with van der Waals surface area (Å²) < 4.78 is 0. The summed E-state index contributed by atoms with van der Waals surface area (Å²) in [4.78, 5) is 0. The van der Waals surface area contributed by atoms with Gasteiger partial charge in [-0.3, -0.25) is 0 Å². The quantitative estimate of drug-likeness (QED) is 0.786. The van der Waals surface area contributed by atoms with Gasteiger partial charge < -0.3 is 5.32 Å². The van der Waals surface area contributed by atoms with Crippen LogP contribution in [0.15, 0.2) is 18.2 Å². The maximum Gasteiger partial charge on any atom is 0.0484 e. The van der Waals surface area contributed by atoms with Crippen molar-refractivity contribution in [2.24, 2.45) is 0 Å². The molecule has 0 atom stereocenters. The molecule has 2 aliphatic rings. The average Bonchev–Trinajstić information content (AvgIpc) is 2.76. The summed E-state index contributed by atoms with van der Waals surface area (Å²) in [5.74, 6) is 0. The van der Waals surface area contributed by atoms with E-state index < -0.39 is 0 Å². The second-order valence-electron chi connectivity index (χ2n) is 4.65. The number of hydrogen-bond donors (Lipinski definition) is 1. The minimum absolute atomic E-state index is 0.926. The number of halogens is 1. The van der Waals surface area contributed by atoms with Crippen molar-refractivity contribution in [3.63, 3.8) is 0 Å². The van der Waals surface area contributed by atoms with Gasteiger partial charge in [0, 0.05) is 11.6 Å². The Morgan fingerprint density at radius 2 is 1.94 bits per heavy atom. The number of benzene rings is 1. The van der Waals surface area contributed by atoms with Gasteiger partial charge in [-0.25, -0.2) is 0 Å². The minimum Gasteiger partial charge on any atom is -0.312 e. The van der Waals surface area contributed by atoms with E-state index in [0.717, 1.165) is 24.5 Å². The fourth-order valence-corrected chi connectivity index (χ4v) is 3.00. The molecule has 0 saturated carbocycles. The summed E-state index contributed by atoms with van der Waals surface area (Å²) in [5, 5.41) is 4.33. The molecule has 0 spiro atoms. The largest absolute Gasteiger partial charge is 0.312 e. The van der Waals surface area contributed by atoms with E-state index in [4.69, 9.17) is 11.6 Å². The van der Waals surface area contributed by atoms with Crippen LogP contribution in [-0.2, 0) is 12.8 Å². The van der Waals surface area contributed by atoms with Gasteiger partial charge in [-0.15, -0.1) is 0 Å². The van der Waals surface area contributed by atoms with Crippen LogP contribution in [0, 0.1) is 0 Å². The highest BCUT2D eigenvalue weighted by molar-refractivity contribution is 6.32.